The standard InChI is InChI=1S/C22H28BrN3O4S/c1-11(2)25-20(29)18-22-9-13(23)17(31-22)15(19(28)24-3)16(22)21(30)26(18)14(10-27)12-7-5-4-6-8-12/h4-8,11,13-18,27H,9-10H2,1-3H3,(H,24,28)(H,25,29)/t13?,14-,15+,16+,17+,18?,22?/m1/s1. The van der Waals surface area contributed by atoms with Crippen LogP contribution in [0.4, 0.5) is 0 Å². The molecule has 1 aromatic rings. The highest BCUT2D eigenvalue weighted by Gasteiger charge is 2.76. The Morgan fingerprint density at radius 2 is 1.97 bits per heavy atom. The number of aliphatic hydroxyl groups excluding tert-OH is 1. The number of nitrogens with one attached hydrogen (secondary N) is 2. The van der Waals surface area contributed by atoms with Gasteiger partial charge in [0, 0.05) is 23.2 Å². The van der Waals surface area contributed by atoms with E-state index in [-0.39, 0.29) is 40.4 Å². The number of carbonyl (C=O) groups is 3. The summed E-state index contributed by atoms with van der Waals surface area (Å²) >= 11 is 5.31. The summed E-state index contributed by atoms with van der Waals surface area (Å²) in [7, 11) is 1.58. The molecule has 3 aliphatic heterocycles. The fraction of sp³-hybridized carbons (Fsp3) is 0.591. The van der Waals surface area contributed by atoms with Gasteiger partial charge in [0.15, 0.2) is 0 Å². The molecular weight excluding hydrogens is 482 g/mol. The maximum atomic E-state index is 13.9. The fourth-order valence-electron chi connectivity index (χ4n) is 5.56. The van der Waals surface area contributed by atoms with Gasteiger partial charge in [-0.05, 0) is 25.8 Å². The Bertz CT molecular complexity index is 885. The van der Waals surface area contributed by atoms with E-state index in [0.717, 1.165) is 5.56 Å². The third-order valence-corrected chi connectivity index (χ3v) is 9.87. The van der Waals surface area contributed by atoms with Crippen LogP contribution < -0.4 is 10.6 Å². The van der Waals surface area contributed by atoms with Crippen molar-refractivity contribution in [2.45, 2.75) is 53.2 Å². The van der Waals surface area contributed by atoms with Crippen LogP contribution in [0.3, 0.4) is 0 Å². The number of alkyl halides is 1. The predicted octanol–water partition coefficient (Wildman–Crippen LogP) is 1.46. The highest BCUT2D eigenvalue weighted by Crippen LogP contribution is 2.68. The second-order valence-electron chi connectivity index (χ2n) is 8.80. The Kier molecular flexibility index (Phi) is 6.13. The molecule has 31 heavy (non-hydrogen) atoms. The Morgan fingerprint density at radius 3 is 2.55 bits per heavy atom. The molecule has 1 aromatic carbocycles. The summed E-state index contributed by atoms with van der Waals surface area (Å²) in [6, 6.07) is 7.75. The first-order valence-corrected chi connectivity index (χ1v) is 12.4. The van der Waals surface area contributed by atoms with Crippen LogP contribution in [0, 0.1) is 11.8 Å². The van der Waals surface area contributed by atoms with Gasteiger partial charge < -0.3 is 20.6 Å². The molecule has 3 fully saturated rings. The number of aliphatic hydroxyl groups is 1. The largest absolute Gasteiger partial charge is 0.394 e. The van der Waals surface area contributed by atoms with Gasteiger partial charge in [0.05, 0.1) is 29.2 Å². The molecule has 0 aromatic heterocycles. The maximum absolute atomic E-state index is 13.9. The van der Waals surface area contributed by atoms with E-state index in [9.17, 15) is 19.5 Å². The number of benzene rings is 1. The Balaban J connectivity index is 1.84. The highest BCUT2D eigenvalue weighted by atomic mass is 79.9. The smallest absolute Gasteiger partial charge is 0.244 e. The lowest BCUT2D eigenvalue weighted by Gasteiger charge is -2.37. The van der Waals surface area contributed by atoms with E-state index >= 15 is 0 Å². The van der Waals surface area contributed by atoms with Crippen LogP contribution in [-0.2, 0) is 14.4 Å². The van der Waals surface area contributed by atoms with Crippen LogP contribution in [-0.4, -0.2) is 68.3 Å². The number of thioether (sulfide) groups is 1. The van der Waals surface area contributed by atoms with Crippen molar-refractivity contribution in [3.05, 3.63) is 35.9 Å². The van der Waals surface area contributed by atoms with Crippen molar-refractivity contribution in [1.82, 2.24) is 15.5 Å². The first-order valence-electron chi connectivity index (χ1n) is 10.6. The molecule has 3 amide bonds. The molecule has 0 saturated carbocycles. The SMILES string of the molecule is CNC(=O)[C@H]1[C@H]2C(=O)N([C@H](CO)c3ccccc3)C(C(=O)NC(C)C)C23CC(Br)[C@@H]1S3. The van der Waals surface area contributed by atoms with E-state index < -0.39 is 28.7 Å². The summed E-state index contributed by atoms with van der Waals surface area (Å²) in [4.78, 5) is 41.9. The molecule has 7 nitrogen and oxygen atoms in total. The summed E-state index contributed by atoms with van der Waals surface area (Å²) in [5.74, 6) is -1.75. The van der Waals surface area contributed by atoms with Crippen LogP contribution in [0.1, 0.15) is 31.9 Å². The minimum Gasteiger partial charge on any atom is -0.394 e. The number of amides is 3. The molecule has 168 valence electrons. The molecule has 0 aliphatic carbocycles. The van der Waals surface area contributed by atoms with Gasteiger partial charge in [-0.15, -0.1) is 11.8 Å². The van der Waals surface area contributed by atoms with Gasteiger partial charge in [-0.3, -0.25) is 14.4 Å². The molecule has 9 heteroatoms. The van der Waals surface area contributed by atoms with Crippen molar-refractivity contribution >= 4 is 45.4 Å². The molecule has 3 aliphatic rings. The molecule has 7 atom stereocenters. The van der Waals surface area contributed by atoms with Crippen LogP contribution in [0.15, 0.2) is 30.3 Å². The average Bonchev–Trinajstić information content (AvgIpc) is 3.32. The van der Waals surface area contributed by atoms with E-state index in [0.29, 0.717) is 6.42 Å². The van der Waals surface area contributed by atoms with E-state index in [1.54, 1.807) is 23.7 Å². The number of likely N-dealkylation sites (tertiary alicyclic amines) is 1. The maximum Gasteiger partial charge on any atom is 0.244 e. The summed E-state index contributed by atoms with van der Waals surface area (Å²) in [6.07, 6.45) is 0.617. The summed E-state index contributed by atoms with van der Waals surface area (Å²) < 4.78 is -0.714. The van der Waals surface area contributed by atoms with Crippen LogP contribution in [0.5, 0.6) is 0 Å². The second kappa shape index (κ2) is 8.41. The average molecular weight is 510 g/mol. The van der Waals surface area contributed by atoms with Gasteiger partial charge in [-0.25, -0.2) is 0 Å². The Morgan fingerprint density at radius 1 is 1.29 bits per heavy atom. The predicted molar refractivity (Wildman–Crippen MR) is 123 cm³/mol. The highest BCUT2D eigenvalue weighted by molar-refractivity contribution is 9.09. The summed E-state index contributed by atoms with van der Waals surface area (Å²) in [6.45, 7) is 3.46. The third kappa shape index (κ3) is 3.40. The molecule has 3 saturated heterocycles. The lowest BCUT2D eigenvalue weighted by Crippen LogP contribution is -2.56. The fourth-order valence-corrected chi connectivity index (χ4v) is 9.16. The zero-order valence-electron chi connectivity index (χ0n) is 17.7. The minimum absolute atomic E-state index is 0.0300. The normalized spacial score (nSPS) is 34.7. The van der Waals surface area contributed by atoms with Crippen molar-refractivity contribution < 1.29 is 19.5 Å². The van der Waals surface area contributed by atoms with E-state index in [4.69, 9.17) is 0 Å². The second-order valence-corrected chi connectivity index (χ2v) is 11.5. The summed E-state index contributed by atoms with van der Waals surface area (Å²) in [5, 5.41) is 15.9. The van der Waals surface area contributed by atoms with Gasteiger partial charge in [0.1, 0.15) is 6.04 Å². The topological polar surface area (TPSA) is 98.7 Å². The molecule has 2 bridgehead atoms. The van der Waals surface area contributed by atoms with Crippen LogP contribution in [0.25, 0.3) is 0 Å². The van der Waals surface area contributed by atoms with E-state index in [2.05, 4.69) is 26.6 Å². The number of rotatable bonds is 6. The van der Waals surface area contributed by atoms with Gasteiger partial charge >= 0.3 is 0 Å². The zero-order valence-corrected chi connectivity index (χ0v) is 20.2. The number of hydrogen-bond donors (Lipinski definition) is 3. The number of hydrogen-bond acceptors (Lipinski definition) is 5. The molecule has 4 rings (SSSR count). The van der Waals surface area contributed by atoms with Gasteiger partial charge in [0.2, 0.25) is 17.7 Å². The third-order valence-electron chi connectivity index (χ3n) is 6.65. The summed E-state index contributed by atoms with van der Waals surface area (Å²) in [5.41, 5.74) is 0.767. The van der Waals surface area contributed by atoms with Crippen molar-refractivity contribution in [2.75, 3.05) is 13.7 Å². The number of fused-ring (bicyclic) bond motifs is 1. The quantitative estimate of drug-likeness (QED) is 0.504. The Hall–Kier alpha value is -1.58. The van der Waals surface area contributed by atoms with Gasteiger partial charge in [0.25, 0.3) is 0 Å². The number of nitrogens with zero attached hydrogens (tertiary/aromatic N) is 1. The number of carbonyl (C=O) groups excluding carboxylic acids is 3. The molecule has 3 heterocycles. The molecular formula is C22H28BrN3O4S. The lowest BCUT2D eigenvalue weighted by atomic mass is 9.70. The Labute approximate surface area is 194 Å². The van der Waals surface area contributed by atoms with Crippen molar-refractivity contribution in [3.63, 3.8) is 0 Å². The molecule has 1 spiro atoms. The molecule has 0 radical (unpaired) electrons. The number of halogens is 1. The first-order chi connectivity index (χ1) is 14.8. The van der Waals surface area contributed by atoms with Crippen molar-refractivity contribution in [3.8, 4) is 0 Å². The molecule has 3 N–H and O–H groups in total. The van der Waals surface area contributed by atoms with Crippen LogP contribution in [0.2, 0.25) is 0 Å². The lowest BCUT2D eigenvalue weighted by molar-refractivity contribution is -0.143. The van der Waals surface area contributed by atoms with E-state index in [1.807, 2.05) is 44.2 Å². The van der Waals surface area contributed by atoms with Crippen molar-refractivity contribution in [1.29, 1.82) is 0 Å². The zero-order chi connectivity index (χ0) is 22.5. The van der Waals surface area contributed by atoms with Crippen LogP contribution >= 0.6 is 27.7 Å². The van der Waals surface area contributed by atoms with E-state index in [1.165, 1.54) is 0 Å². The van der Waals surface area contributed by atoms with Gasteiger partial charge in [-0.2, -0.15) is 0 Å². The monoisotopic (exact) mass is 509 g/mol. The van der Waals surface area contributed by atoms with Gasteiger partial charge in [-0.1, -0.05) is 46.3 Å². The minimum atomic E-state index is -0.769. The van der Waals surface area contributed by atoms with Crippen molar-refractivity contribution in [2.24, 2.45) is 11.8 Å². The molecule has 3 unspecified atom stereocenters. The first kappa shape index (κ1) is 22.6.